The Kier molecular flexibility index (Phi) is 5.71. The smallest absolute Gasteiger partial charge is 0.336 e. The van der Waals surface area contributed by atoms with Crippen LogP contribution in [0, 0.1) is 0 Å². The first kappa shape index (κ1) is 20.3. The van der Waals surface area contributed by atoms with Gasteiger partial charge in [0.15, 0.2) is 5.13 Å². The molecule has 150 valence electrons. The number of amides is 2. The van der Waals surface area contributed by atoms with E-state index in [1.165, 1.54) is 17.5 Å². The van der Waals surface area contributed by atoms with Crippen molar-refractivity contribution >= 4 is 28.3 Å². The van der Waals surface area contributed by atoms with Crippen molar-refractivity contribution in [2.45, 2.75) is 18.6 Å². The van der Waals surface area contributed by atoms with Gasteiger partial charge in [0.05, 0.1) is 11.1 Å². The maximum Gasteiger partial charge on any atom is 0.417 e. The lowest BCUT2D eigenvalue weighted by Gasteiger charge is -2.23. The van der Waals surface area contributed by atoms with Crippen molar-refractivity contribution in [3.8, 4) is 0 Å². The molecule has 2 heterocycles. The van der Waals surface area contributed by atoms with Gasteiger partial charge in [-0.25, -0.2) is 4.98 Å². The summed E-state index contributed by atoms with van der Waals surface area (Å²) in [7, 11) is 3.68. The topological polar surface area (TPSA) is 65.5 Å². The van der Waals surface area contributed by atoms with E-state index in [1.54, 1.807) is 11.9 Å². The van der Waals surface area contributed by atoms with Gasteiger partial charge in [-0.3, -0.25) is 14.9 Å². The van der Waals surface area contributed by atoms with Crippen LogP contribution in [0.25, 0.3) is 0 Å². The average molecular weight is 412 g/mol. The van der Waals surface area contributed by atoms with Crippen LogP contribution in [-0.4, -0.2) is 59.8 Å². The van der Waals surface area contributed by atoms with Gasteiger partial charge in [-0.2, -0.15) is 13.2 Å². The Bertz CT molecular complexity index is 884. The van der Waals surface area contributed by atoms with Gasteiger partial charge < -0.3 is 9.80 Å². The van der Waals surface area contributed by atoms with E-state index in [0.717, 1.165) is 43.0 Å². The number of aromatic nitrogens is 1. The number of anilines is 1. The number of carbonyl (C=O) groups is 2. The second-order valence-electron chi connectivity index (χ2n) is 6.66. The summed E-state index contributed by atoms with van der Waals surface area (Å²) in [5, 5.41) is 3.91. The van der Waals surface area contributed by atoms with Gasteiger partial charge in [0.1, 0.15) is 5.69 Å². The van der Waals surface area contributed by atoms with E-state index < -0.39 is 23.2 Å². The van der Waals surface area contributed by atoms with Crippen LogP contribution in [0.3, 0.4) is 0 Å². The summed E-state index contributed by atoms with van der Waals surface area (Å²) in [6, 6.07) is 4.60. The lowest BCUT2D eigenvalue weighted by Crippen LogP contribution is -2.38. The van der Waals surface area contributed by atoms with Crippen molar-refractivity contribution in [1.82, 2.24) is 14.8 Å². The molecule has 1 aliphatic heterocycles. The fourth-order valence-corrected chi connectivity index (χ4v) is 3.78. The number of benzene rings is 1. The van der Waals surface area contributed by atoms with Crippen LogP contribution in [0.15, 0.2) is 29.6 Å². The molecule has 0 aliphatic carbocycles. The number of alkyl halides is 3. The maximum atomic E-state index is 13.1. The molecule has 1 saturated heterocycles. The monoisotopic (exact) mass is 412 g/mol. The zero-order valence-electron chi connectivity index (χ0n) is 15.3. The third kappa shape index (κ3) is 4.33. The number of likely N-dealkylation sites (tertiary alicyclic amines) is 1. The standard InChI is InChI=1S/C18H19F3N4O2S/c1-24-8-7-11(9-24)25(2)16(27)14-10-28-17(22-14)23-15(26)12-5-3-4-6-13(12)18(19,20)21/h3-6,10-11H,7-9H2,1-2H3,(H,22,23,26)/t11-/m1/s1. The van der Waals surface area contributed by atoms with Crippen molar-refractivity contribution < 1.29 is 22.8 Å². The molecule has 0 saturated carbocycles. The lowest BCUT2D eigenvalue weighted by molar-refractivity contribution is -0.137. The Balaban J connectivity index is 1.71. The minimum atomic E-state index is -4.64. The third-order valence-corrected chi connectivity index (χ3v) is 5.41. The molecule has 1 aromatic carbocycles. The van der Waals surface area contributed by atoms with Crippen molar-refractivity contribution in [3.63, 3.8) is 0 Å². The number of likely N-dealkylation sites (N-methyl/N-ethyl adjacent to an activating group) is 2. The highest BCUT2D eigenvalue weighted by Crippen LogP contribution is 2.32. The summed E-state index contributed by atoms with van der Waals surface area (Å²) >= 11 is 0.992. The number of halogens is 3. The predicted octanol–water partition coefficient (Wildman–Crippen LogP) is 3.19. The van der Waals surface area contributed by atoms with E-state index in [9.17, 15) is 22.8 Å². The van der Waals surface area contributed by atoms with E-state index in [1.807, 2.05) is 7.05 Å². The van der Waals surface area contributed by atoms with Crippen LogP contribution >= 0.6 is 11.3 Å². The summed E-state index contributed by atoms with van der Waals surface area (Å²) in [5.41, 5.74) is -1.36. The number of hydrogen-bond acceptors (Lipinski definition) is 5. The molecule has 10 heteroatoms. The highest BCUT2D eigenvalue weighted by Gasteiger charge is 2.35. The summed E-state index contributed by atoms with van der Waals surface area (Å²) < 4.78 is 39.2. The fourth-order valence-electron chi connectivity index (χ4n) is 3.10. The SMILES string of the molecule is CN1CC[C@@H](N(C)C(=O)c2csc(NC(=O)c3ccccc3C(F)(F)F)n2)C1. The number of hydrogen-bond donors (Lipinski definition) is 1. The quantitative estimate of drug-likeness (QED) is 0.838. The average Bonchev–Trinajstić information content (AvgIpc) is 3.29. The summed E-state index contributed by atoms with van der Waals surface area (Å²) in [4.78, 5) is 32.7. The molecule has 0 spiro atoms. The van der Waals surface area contributed by atoms with Gasteiger partial charge in [-0.15, -0.1) is 11.3 Å². The van der Waals surface area contributed by atoms with E-state index in [4.69, 9.17) is 0 Å². The predicted molar refractivity (Wildman–Crippen MR) is 99.5 cm³/mol. The molecule has 2 amide bonds. The third-order valence-electron chi connectivity index (χ3n) is 4.66. The first-order chi connectivity index (χ1) is 13.2. The van der Waals surface area contributed by atoms with Crippen LogP contribution < -0.4 is 5.32 Å². The van der Waals surface area contributed by atoms with E-state index >= 15 is 0 Å². The molecule has 3 rings (SSSR count). The maximum absolute atomic E-state index is 13.1. The second kappa shape index (κ2) is 7.88. The van der Waals surface area contributed by atoms with Gasteiger partial charge >= 0.3 is 6.18 Å². The van der Waals surface area contributed by atoms with E-state index in [-0.39, 0.29) is 22.8 Å². The molecule has 1 aliphatic rings. The lowest BCUT2D eigenvalue weighted by atomic mass is 10.1. The minimum Gasteiger partial charge on any atom is -0.336 e. The second-order valence-corrected chi connectivity index (χ2v) is 7.51. The Morgan fingerprint density at radius 3 is 2.68 bits per heavy atom. The van der Waals surface area contributed by atoms with E-state index in [2.05, 4.69) is 15.2 Å². The first-order valence-electron chi connectivity index (χ1n) is 8.55. The highest BCUT2D eigenvalue weighted by molar-refractivity contribution is 7.14. The van der Waals surface area contributed by atoms with Crippen molar-refractivity contribution in [2.75, 3.05) is 32.5 Å². The summed E-state index contributed by atoms with van der Waals surface area (Å²) in [5.74, 6) is -1.21. The zero-order chi connectivity index (χ0) is 20.5. The number of carbonyl (C=O) groups excluding carboxylic acids is 2. The Hall–Kier alpha value is -2.46. The Morgan fingerprint density at radius 2 is 2.04 bits per heavy atom. The molecule has 6 nitrogen and oxygen atoms in total. The van der Waals surface area contributed by atoms with Crippen molar-refractivity contribution in [3.05, 3.63) is 46.5 Å². The van der Waals surface area contributed by atoms with Gasteiger partial charge in [0.25, 0.3) is 11.8 Å². The molecule has 1 atom stereocenters. The Labute approximate surface area is 164 Å². The molecule has 1 aromatic heterocycles. The molecule has 0 radical (unpaired) electrons. The number of nitrogens with zero attached hydrogens (tertiary/aromatic N) is 3. The number of rotatable bonds is 4. The summed E-state index contributed by atoms with van der Waals surface area (Å²) in [6.07, 6.45) is -3.78. The normalized spacial score (nSPS) is 17.5. The van der Waals surface area contributed by atoms with Crippen LogP contribution in [0.5, 0.6) is 0 Å². The zero-order valence-corrected chi connectivity index (χ0v) is 16.1. The van der Waals surface area contributed by atoms with Crippen LogP contribution in [-0.2, 0) is 6.18 Å². The molecule has 28 heavy (non-hydrogen) atoms. The van der Waals surface area contributed by atoms with E-state index in [0.29, 0.717) is 0 Å². The first-order valence-corrected chi connectivity index (χ1v) is 9.43. The molecule has 1 N–H and O–H groups in total. The number of nitrogens with one attached hydrogen (secondary N) is 1. The van der Waals surface area contributed by atoms with Gasteiger partial charge in [-0.05, 0) is 32.1 Å². The van der Waals surface area contributed by atoms with Crippen molar-refractivity contribution in [2.24, 2.45) is 0 Å². The molecule has 1 fully saturated rings. The molecule has 0 bridgehead atoms. The summed E-state index contributed by atoms with van der Waals surface area (Å²) in [6.45, 7) is 1.67. The molecular formula is C18H19F3N4O2S. The van der Waals surface area contributed by atoms with Gasteiger partial charge in [0.2, 0.25) is 0 Å². The van der Waals surface area contributed by atoms with Crippen LogP contribution in [0.1, 0.15) is 32.8 Å². The van der Waals surface area contributed by atoms with Crippen molar-refractivity contribution in [1.29, 1.82) is 0 Å². The Morgan fingerprint density at radius 1 is 1.32 bits per heavy atom. The van der Waals surface area contributed by atoms with Crippen LogP contribution in [0.4, 0.5) is 18.3 Å². The molecular weight excluding hydrogens is 393 g/mol. The molecule has 0 unspecified atom stereocenters. The highest BCUT2D eigenvalue weighted by atomic mass is 32.1. The minimum absolute atomic E-state index is 0.0715. The molecule has 2 aromatic rings. The van der Waals surface area contributed by atoms with Crippen LogP contribution in [0.2, 0.25) is 0 Å². The number of thiazole rings is 1. The fraction of sp³-hybridized carbons (Fsp3) is 0.389. The van der Waals surface area contributed by atoms with Gasteiger partial charge in [0, 0.05) is 25.0 Å². The largest absolute Gasteiger partial charge is 0.417 e. The van der Waals surface area contributed by atoms with Gasteiger partial charge in [-0.1, -0.05) is 12.1 Å².